The van der Waals surface area contributed by atoms with Crippen molar-refractivity contribution in [3.63, 3.8) is 0 Å². The molecule has 0 bridgehead atoms. The quantitative estimate of drug-likeness (QED) is 0.853. The zero-order valence-electron chi connectivity index (χ0n) is 10.8. The van der Waals surface area contributed by atoms with Crippen molar-refractivity contribution in [2.24, 2.45) is 0 Å². The van der Waals surface area contributed by atoms with Gasteiger partial charge in [0.1, 0.15) is 0 Å². The van der Waals surface area contributed by atoms with Crippen LogP contribution < -0.4 is 10.1 Å². The average Bonchev–Trinajstić information content (AvgIpc) is 2.30. The minimum absolute atomic E-state index is 0.00631. The van der Waals surface area contributed by atoms with E-state index in [9.17, 15) is 4.79 Å². The molecule has 0 fully saturated rings. The summed E-state index contributed by atoms with van der Waals surface area (Å²) in [6.07, 6.45) is 2.42. The Morgan fingerprint density at radius 3 is 2.35 bits per heavy atom. The lowest BCUT2D eigenvalue weighted by atomic mass is 10.2. The van der Waals surface area contributed by atoms with Crippen LogP contribution in [0.4, 0.5) is 5.69 Å². The predicted molar refractivity (Wildman–Crippen MR) is 66.2 cm³/mol. The van der Waals surface area contributed by atoms with Gasteiger partial charge in [-0.1, -0.05) is 13.3 Å². The molecule has 1 amide bonds. The van der Waals surface area contributed by atoms with E-state index in [1.54, 1.807) is 0 Å². The number of amides is 1. The predicted octanol–water partition coefficient (Wildman–Crippen LogP) is 2.23. The van der Waals surface area contributed by atoms with Crippen LogP contribution in [0.15, 0.2) is 0 Å². The molecule has 17 heavy (non-hydrogen) atoms. The first-order chi connectivity index (χ1) is 8.08. The summed E-state index contributed by atoms with van der Waals surface area (Å²) in [5.74, 6) is 0.00631. The first-order valence-electron chi connectivity index (χ1n) is 5.77. The smallest absolute Gasteiger partial charge is 0.316 e. The first-order valence-corrected chi connectivity index (χ1v) is 5.77. The Hall–Kier alpha value is -1.65. The summed E-state index contributed by atoms with van der Waals surface area (Å²) >= 11 is 0. The second-order valence-corrected chi connectivity index (χ2v) is 3.91. The van der Waals surface area contributed by atoms with Gasteiger partial charge < -0.3 is 10.1 Å². The Balaban J connectivity index is 2.80. The molecule has 0 atom stereocenters. The number of carbonyl (C=O) groups is 1. The summed E-state index contributed by atoms with van der Waals surface area (Å²) in [7, 11) is 1.52. The molecule has 0 spiro atoms. The van der Waals surface area contributed by atoms with Crippen molar-refractivity contribution in [3.8, 4) is 6.01 Å². The van der Waals surface area contributed by atoms with E-state index >= 15 is 0 Å². The van der Waals surface area contributed by atoms with E-state index < -0.39 is 0 Å². The number of anilines is 1. The molecule has 0 saturated carbocycles. The lowest BCUT2D eigenvalue weighted by Crippen LogP contribution is -2.14. The van der Waals surface area contributed by atoms with Crippen LogP contribution in [-0.4, -0.2) is 23.0 Å². The maximum atomic E-state index is 11.6. The van der Waals surface area contributed by atoms with Gasteiger partial charge in [0.15, 0.2) is 0 Å². The molecule has 5 nitrogen and oxygen atoms in total. The lowest BCUT2D eigenvalue weighted by molar-refractivity contribution is -0.116. The Morgan fingerprint density at radius 2 is 1.88 bits per heavy atom. The minimum atomic E-state index is 0.00631. The normalized spacial score (nSPS) is 10.1. The minimum Gasteiger partial charge on any atom is -0.467 e. The van der Waals surface area contributed by atoms with Crippen molar-refractivity contribution in [3.05, 3.63) is 11.4 Å². The monoisotopic (exact) mass is 237 g/mol. The van der Waals surface area contributed by atoms with E-state index in [0.29, 0.717) is 18.1 Å². The molecular formula is C12H19N3O2. The van der Waals surface area contributed by atoms with Crippen molar-refractivity contribution < 1.29 is 9.53 Å². The molecule has 0 unspecified atom stereocenters. The van der Waals surface area contributed by atoms with Gasteiger partial charge in [-0.05, 0) is 20.3 Å². The molecule has 0 saturated heterocycles. The Morgan fingerprint density at radius 1 is 1.29 bits per heavy atom. The van der Waals surface area contributed by atoms with Crippen LogP contribution in [0.25, 0.3) is 0 Å². The molecular weight excluding hydrogens is 218 g/mol. The number of hydrogen-bond acceptors (Lipinski definition) is 4. The maximum absolute atomic E-state index is 11.6. The first kappa shape index (κ1) is 13.4. The highest BCUT2D eigenvalue weighted by molar-refractivity contribution is 5.91. The van der Waals surface area contributed by atoms with Gasteiger partial charge >= 0.3 is 6.01 Å². The highest BCUT2D eigenvalue weighted by Gasteiger charge is 2.11. The van der Waals surface area contributed by atoms with E-state index in [2.05, 4.69) is 22.2 Å². The molecule has 0 aliphatic carbocycles. The third-order valence-corrected chi connectivity index (χ3v) is 2.45. The zero-order chi connectivity index (χ0) is 12.8. The number of rotatable bonds is 5. The molecule has 5 heteroatoms. The summed E-state index contributed by atoms with van der Waals surface area (Å²) in [5, 5.41) is 2.85. The van der Waals surface area contributed by atoms with Crippen molar-refractivity contribution in [1.82, 2.24) is 9.97 Å². The van der Waals surface area contributed by atoms with E-state index in [0.717, 1.165) is 24.2 Å². The molecule has 0 aliphatic heterocycles. The molecule has 1 rings (SSSR count). The van der Waals surface area contributed by atoms with Crippen LogP contribution in [0.2, 0.25) is 0 Å². The van der Waals surface area contributed by atoms with E-state index in [1.807, 2.05) is 13.8 Å². The average molecular weight is 237 g/mol. The van der Waals surface area contributed by atoms with E-state index in [1.165, 1.54) is 7.11 Å². The fourth-order valence-corrected chi connectivity index (χ4v) is 1.50. The van der Waals surface area contributed by atoms with Gasteiger partial charge in [-0.25, -0.2) is 0 Å². The topological polar surface area (TPSA) is 64.1 Å². The van der Waals surface area contributed by atoms with Gasteiger partial charge in [0, 0.05) is 6.42 Å². The van der Waals surface area contributed by atoms with Crippen LogP contribution in [0, 0.1) is 13.8 Å². The molecule has 0 radical (unpaired) electrons. The van der Waals surface area contributed by atoms with Gasteiger partial charge in [0.2, 0.25) is 5.91 Å². The molecule has 0 aromatic carbocycles. The molecule has 1 N–H and O–H groups in total. The number of ether oxygens (including phenoxy) is 1. The fraction of sp³-hybridized carbons (Fsp3) is 0.583. The lowest BCUT2D eigenvalue weighted by Gasteiger charge is -2.11. The van der Waals surface area contributed by atoms with Crippen LogP contribution in [0.5, 0.6) is 6.01 Å². The van der Waals surface area contributed by atoms with Crippen molar-refractivity contribution >= 4 is 11.6 Å². The summed E-state index contributed by atoms with van der Waals surface area (Å²) in [6.45, 7) is 5.71. The van der Waals surface area contributed by atoms with Gasteiger partial charge in [-0.2, -0.15) is 9.97 Å². The Kier molecular flexibility index (Phi) is 4.87. The summed E-state index contributed by atoms with van der Waals surface area (Å²) in [5.41, 5.74) is 2.13. The molecule has 94 valence electrons. The highest BCUT2D eigenvalue weighted by Crippen LogP contribution is 2.19. The number of methoxy groups -OCH3 is 1. The number of carbonyl (C=O) groups excluding carboxylic acids is 1. The SMILES string of the molecule is CCCCC(=O)Nc1c(C)nc(OC)nc1C. The second-order valence-electron chi connectivity index (χ2n) is 3.91. The highest BCUT2D eigenvalue weighted by atomic mass is 16.5. The number of nitrogens with one attached hydrogen (secondary N) is 1. The summed E-state index contributed by atoms with van der Waals surface area (Å²) < 4.78 is 4.97. The van der Waals surface area contributed by atoms with E-state index in [-0.39, 0.29) is 5.91 Å². The summed E-state index contributed by atoms with van der Waals surface area (Å²) in [6, 6.07) is 0.326. The number of unbranched alkanes of at least 4 members (excludes halogenated alkanes) is 1. The van der Waals surface area contributed by atoms with Gasteiger partial charge in [0.05, 0.1) is 24.2 Å². The van der Waals surface area contributed by atoms with Gasteiger partial charge in [-0.15, -0.1) is 0 Å². The van der Waals surface area contributed by atoms with E-state index in [4.69, 9.17) is 4.74 Å². The van der Waals surface area contributed by atoms with Gasteiger partial charge in [-0.3, -0.25) is 4.79 Å². The van der Waals surface area contributed by atoms with Crippen LogP contribution in [-0.2, 0) is 4.79 Å². The Labute approximate surface area is 102 Å². The number of aryl methyl sites for hydroxylation is 2. The van der Waals surface area contributed by atoms with Crippen LogP contribution in [0.3, 0.4) is 0 Å². The number of nitrogens with zero attached hydrogens (tertiary/aromatic N) is 2. The Bertz CT molecular complexity index is 382. The number of hydrogen-bond donors (Lipinski definition) is 1. The van der Waals surface area contributed by atoms with Crippen molar-refractivity contribution in [2.45, 2.75) is 40.0 Å². The zero-order valence-corrected chi connectivity index (χ0v) is 10.8. The van der Waals surface area contributed by atoms with Gasteiger partial charge in [0.25, 0.3) is 0 Å². The molecule has 1 aromatic heterocycles. The van der Waals surface area contributed by atoms with Crippen LogP contribution in [0.1, 0.15) is 37.6 Å². The fourth-order valence-electron chi connectivity index (χ4n) is 1.50. The van der Waals surface area contributed by atoms with Crippen molar-refractivity contribution in [2.75, 3.05) is 12.4 Å². The van der Waals surface area contributed by atoms with Crippen molar-refractivity contribution in [1.29, 1.82) is 0 Å². The van der Waals surface area contributed by atoms with Crippen LogP contribution >= 0.6 is 0 Å². The second kappa shape index (κ2) is 6.18. The standard InChI is InChI=1S/C12H19N3O2/c1-5-6-7-10(16)15-11-8(2)13-12(17-4)14-9(11)3/h5-7H2,1-4H3,(H,15,16). The number of aromatic nitrogens is 2. The summed E-state index contributed by atoms with van der Waals surface area (Å²) in [4.78, 5) is 19.9. The largest absolute Gasteiger partial charge is 0.467 e. The maximum Gasteiger partial charge on any atom is 0.316 e. The molecule has 1 heterocycles. The third kappa shape index (κ3) is 3.69. The molecule has 1 aromatic rings. The third-order valence-electron chi connectivity index (χ3n) is 2.45. The molecule has 0 aliphatic rings.